The molecule has 4 nitrogen and oxygen atoms in total. The first-order valence-electron chi connectivity index (χ1n) is 7.04. The number of anilines is 1. The molecule has 3 rings (SSSR count). The summed E-state index contributed by atoms with van der Waals surface area (Å²) in [5.74, 6) is 1.63. The van der Waals surface area contributed by atoms with E-state index in [9.17, 15) is 0 Å². The van der Waals surface area contributed by atoms with Crippen LogP contribution in [0.15, 0.2) is 48.8 Å². The van der Waals surface area contributed by atoms with Crippen molar-refractivity contribution in [3.05, 3.63) is 59.5 Å². The topological polar surface area (TPSA) is 47.0 Å². The first kappa shape index (κ1) is 14.6. The van der Waals surface area contributed by atoms with E-state index in [1.165, 1.54) is 17.3 Å². The smallest absolute Gasteiger partial charge is 0.134 e. The van der Waals surface area contributed by atoms with Gasteiger partial charge in [0.1, 0.15) is 23.0 Å². The fraction of sp³-hybridized carbons (Fsp3) is 0.176. The van der Waals surface area contributed by atoms with Crippen molar-refractivity contribution in [2.24, 2.45) is 0 Å². The number of aromatic nitrogens is 2. The zero-order valence-electron chi connectivity index (χ0n) is 12.2. The fourth-order valence-corrected chi connectivity index (χ4v) is 2.63. The molecule has 0 unspecified atom stereocenters. The zero-order valence-corrected chi connectivity index (χ0v) is 13.0. The molecule has 0 radical (unpaired) electrons. The number of rotatable bonds is 5. The largest absolute Gasteiger partial charge is 0.496 e. The monoisotopic (exact) mass is 313 g/mol. The lowest BCUT2D eigenvalue weighted by Gasteiger charge is -2.11. The van der Waals surface area contributed by atoms with Gasteiger partial charge >= 0.3 is 0 Å². The van der Waals surface area contributed by atoms with Crippen LogP contribution in [-0.4, -0.2) is 23.6 Å². The van der Waals surface area contributed by atoms with Crippen LogP contribution in [-0.2, 0) is 6.42 Å². The van der Waals surface area contributed by atoms with Gasteiger partial charge in [0, 0.05) is 18.0 Å². The molecule has 0 saturated carbocycles. The van der Waals surface area contributed by atoms with E-state index in [0.717, 1.165) is 29.9 Å². The van der Waals surface area contributed by atoms with Crippen LogP contribution >= 0.6 is 11.6 Å². The minimum absolute atomic E-state index is 0.437. The van der Waals surface area contributed by atoms with Gasteiger partial charge in [-0.15, -0.1) is 0 Å². The summed E-state index contributed by atoms with van der Waals surface area (Å²) in [5.41, 5.74) is 1.27. The van der Waals surface area contributed by atoms with Gasteiger partial charge in [-0.3, -0.25) is 0 Å². The molecule has 1 N–H and O–H groups in total. The molecule has 0 aliphatic rings. The zero-order chi connectivity index (χ0) is 15.4. The average Bonchev–Trinajstić information content (AvgIpc) is 2.55. The van der Waals surface area contributed by atoms with Crippen molar-refractivity contribution in [2.75, 3.05) is 19.0 Å². The predicted octanol–water partition coefficient (Wildman–Crippen LogP) is 3.95. The van der Waals surface area contributed by atoms with Crippen molar-refractivity contribution in [2.45, 2.75) is 6.42 Å². The maximum absolute atomic E-state index is 5.85. The number of hydrogen-bond acceptors (Lipinski definition) is 4. The Bertz CT molecular complexity index is 792. The second-order valence-electron chi connectivity index (χ2n) is 4.88. The molecule has 112 valence electrons. The number of methoxy groups -OCH3 is 1. The third kappa shape index (κ3) is 3.12. The van der Waals surface area contributed by atoms with Crippen LogP contribution in [0.2, 0.25) is 5.15 Å². The Morgan fingerprint density at radius 1 is 1.09 bits per heavy atom. The Morgan fingerprint density at radius 2 is 1.91 bits per heavy atom. The molecule has 2 aromatic carbocycles. The summed E-state index contributed by atoms with van der Waals surface area (Å²) >= 11 is 5.85. The van der Waals surface area contributed by atoms with Crippen LogP contribution in [0.25, 0.3) is 10.8 Å². The van der Waals surface area contributed by atoms with E-state index in [1.807, 2.05) is 18.2 Å². The van der Waals surface area contributed by atoms with Crippen LogP contribution in [0.4, 0.5) is 5.82 Å². The van der Waals surface area contributed by atoms with E-state index in [2.05, 4.69) is 33.5 Å². The second kappa shape index (κ2) is 6.62. The van der Waals surface area contributed by atoms with E-state index in [0.29, 0.717) is 5.15 Å². The van der Waals surface area contributed by atoms with Gasteiger partial charge in [-0.1, -0.05) is 41.9 Å². The summed E-state index contributed by atoms with van der Waals surface area (Å²) in [5, 5.41) is 6.04. The van der Waals surface area contributed by atoms with Crippen molar-refractivity contribution in [1.82, 2.24) is 9.97 Å². The van der Waals surface area contributed by atoms with Gasteiger partial charge in [0.2, 0.25) is 0 Å². The van der Waals surface area contributed by atoms with Crippen molar-refractivity contribution >= 4 is 28.2 Å². The summed E-state index contributed by atoms with van der Waals surface area (Å²) in [7, 11) is 1.70. The predicted molar refractivity (Wildman–Crippen MR) is 89.7 cm³/mol. The van der Waals surface area contributed by atoms with E-state index in [4.69, 9.17) is 16.3 Å². The lowest BCUT2D eigenvalue weighted by Crippen LogP contribution is -2.06. The van der Waals surface area contributed by atoms with Gasteiger partial charge in [-0.2, -0.15) is 0 Å². The minimum atomic E-state index is 0.437. The SMILES string of the molecule is COc1ccc(CCNc2cc(Cl)ncn2)c2ccccc12. The van der Waals surface area contributed by atoms with E-state index >= 15 is 0 Å². The number of nitrogens with zero attached hydrogens (tertiary/aromatic N) is 2. The van der Waals surface area contributed by atoms with E-state index in [1.54, 1.807) is 13.2 Å². The third-order valence-corrected chi connectivity index (χ3v) is 3.74. The molecule has 0 fully saturated rings. The Balaban J connectivity index is 1.77. The molecule has 0 aliphatic carbocycles. The molecule has 0 saturated heterocycles. The molecule has 0 bridgehead atoms. The van der Waals surface area contributed by atoms with Gasteiger partial charge in [-0.05, 0) is 23.4 Å². The van der Waals surface area contributed by atoms with Crippen molar-refractivity contribution in [3.63, 3.8) is 0 Å². The Kier molecular flexibility index (Phi) is 4.39. The summed E-state index contributed by atoms with van der Waals surface area (Å²) in [6.07, 6.45) is 2.33. The van der Waals surface area contributed by atoms with E-state index < -0.39 is 0 Å². The van der Waals surface area contributed by atoms with Gasteiger partial charge in [0.05, 0.1) is 7.11 Å². The second-order valence-corrected chi connectivity index (χ2v) is 5.26. The molecular formula is C17H16ClN3O. The maximum Gasteiger partial charge on any atom is 0.134 e. The highest BCUT2D eigenvalue weighted by Crippen LogP contribution is 2.28. The Hall–Kier alpha value is -2.33. The minimum Gasteiger partial charge on any atom is -0.496 e. The summed E-state index contributed by atoms with van der Waals surface area (Å²) < 4.78 is 5.42. The van der Waals surface area contributed by atoms with Crippen molar-refractivity contribution in [1.29, 1.82) is 0 Å². The average molecular weight is 314 g/mol. The molecule has 0 atom stereocenters. The highest BCUT2D eigenvalue weighted by Gasteiger charge is 2.06. The standard InChI is InChI=1S/C17H16ClN3O/c1-22-15-7-6-12(13-4-2-3-5-14(13)15)8-9-19-17-10-16(18)20-11-21-17/h2-7,10-11H,8-9H2,1H3,(H,19,20,21). The number of benzene rings is 2. The fourth-order valence-electron chi connectivity index (χ4n) is 2.49. The lowest BCUT2D eigenvalue weighted by atomic mass is 10.0. The van der Waals surface area contributed by atoms with Gasteiger partial charge in [0.15, 0.2) is 0 Å². The summed E-state index contributed by atoms with van der Waals surface area (Å²) in [6.45, 7) is 0.768. The number of halogens is 1. The molecule has 22 heavy (non-hydrogen) atoms. The van der Waals surface area contributed by atoms with Crippen LogP contribution in [0.5, 0.6) is 5.75 Å². The van der Waals surface area contributed by atoms with Crippen LogP contribution in [0, 0.1) is 0 Å². The molecule has 1 aromatic heterocycles. The van der Waals surface area contributed by atoms with Gasteiger partial charge < -0.3 is 10.1 Å². The number of fused-ring (bicyclic) bond motifs is 1. The van der Waals surface area contributed by atoms with Crippen LogP contribution in [0.3, 0.4) is 0 Å². The molecule has 3 aromatic rings. The summed E-state index contributed by atoms with van der Waals surface area (Å²) in [4.78, 5) is 8.00. The third-order valence-electron chi connectivity index (χ3n) is 3.53. The van der Waals surface area contributed by atoms with E-state index in [-0.39, 0.29) is 0 Å². The quantitative estimate of drug-likeness (QED) is 0.725. The van der Waals surface area contributed by atoms with Gasteiger partial charge in [0.25, 0.3) is 0 Å². The molecule has 0 aliphatic heterocycles. The lowest BCUT2D eigenvalue weighted by molar-refractivity contribution is 0.419. The molecule has 5 heteroatoms. The normalized spacial score (nSPS) is 10.6. The molecule has 0 spiro atoms. The summed E-state index contributed by atoms with van der Waals surface area (Å²) in [6, 6.07) is 14.1. The Labute approximate surface area is 134 Å². The first-order chi connectivity index (χ1) is 10.8. The highest BCUT2D eigenvalue weighted by molar-refractivity contribution is 6.29. The molecule has 1 heterocycles. The maximum atomic E-state index is 5.85. The number of ether oxygens (including phenoxy) is 1. The molecule has 0 amide bonds. The highest BCUT2D eigenvalue weighted by atomic mass is 35.5. The van der Waals surface area contributed by atoms with Crippen LogP contribution in [0.1, 0.15) is 5.56 Å². The van der Waals surface area contributed by atoms with Crippen molar-refractivity contribution in [3.8, 4) is 5.75 Å². The Morgan fingerprint density at radius 3 is 2.68 bits per heavy atom. The number of nitrogens with one attached hydrogen (secondary N) is 1. The van der Waals surface area contributed by atoms with Crippen LogP contribution < -0.4 is 10.1 Å². The first-order valence-corrected chi connectivity index (χ1v) is 7.42. The van der Waals surface area contributed by atoms with Crippen molar-refractivity contribution < 1.29 is 4.74 Å². The molecular weight excluding hydrogens is 298 g/mol. The van der Waals surface area contributed by atoms with Gasteiger partial charge in [-0.25, -0.2) is 9.97 Å². The number of hydrogen-bond donors (Lipinski definition) is 1.